The van der Waals surface area contributed by atoms with Crippen LogP contribution in [0.15, 0.2) is 18.2 Å². The average Bonchev–Trinajstić information content (AvgIpc) is 2.76. The third-order valence-electron chi connectivity index (χ3n) is 3.49. The van der Waals surface area contributed by atoms with E-state index in [1.165, 1.54) is 6.07 Å². The lowest BCUT2D eigenvalue weighted by molar-refractivity contribution is 0.0697. The van der Waals surface area contributed by atoms with Crippen molar-refractivity contribution >= 4 is 17.7 Å². The minimum Gasteiger partial charge on any atom is -0.478 e. The zero-order chi connectivity index (χ0) is 14.7. The molecule has 5 nitrogen and oxygen atoms in total. The smallest absolute Gasteiger partial charge is 0.337 e. The lowest BCUT2D eigenvalue weighted by Gasteiger charge is -2.14. The molecule has 1 aromatic rings. The van der Waals surface area contributed by atoms with E-state index >= 15 is 0 Å². The van der Waals surface area contributed by atoms with Crippen LogP contribution in [0.1, 0.15) is 36.5 Å². The van der Waals surface area contributed by atoms with Crippen molar-refractivity contribution < 1.29 is 19.1 Å². The van der Waals surface area contributed by atoms with Crippen molar-refractivity contribution in [3.63, 3.8) is 0 Å². The first kappa shape index (κ1) is 14.3. The predicted molar refractivity (Wildman–Crippen MR) is 72.3 cm³/mol. The fourth-order valence-electron chi connectivity index (χ4n) is 2.48. The van der Waals surface area contributed by atoms with Crippen LogP contribution in [0.25, 0.3) is 0 Å². The quantitative estimate of drug-likeness (QED) is 0.796. The number of aromatic carboxylic acids is 1. The summed E-state index contributed by atoms with van der Waals surface area (Å²) in [5.74, 6) is -1.35. The van der Waals surface area contributed by atoms with Crippen molar-refractivity contribution in [1.82, 2.24) is 5.32 Å². The van der Waals surface area contributed by atoms with E-state index < -0.39 is 17.8 Å². The number of carboxylic acids is 1. The fourth-order valence-corrected chi connectivity index (χ4v) is 2.48. The highest BCUT2D eigenvalue weighted by Crippen LogP contribution is 2.24. The molecular formula is C14H17FN2O3. The number of halogens is 1. The van der Waals surface area contributed by atoms with Crippen molar-refractivity contribution in [1.29, 1.82) is 0 Å². The van der Waals surface area contributed by atoms with Gasteiger partial charge in [-0.1, -0.05) is 6.92 Å². The molecule has 20 heavy (non-hydrogen) atoms. The zero-order valence-corrected chi connectivity index (χ0v) is 11.1. The van der Waals surface area contributed by atoms with E-state index in [2.05, 4.69) is 17.6 Å². The molecule has 1 fully saturated rings. The Kier molecular flexibility index (Phi) is 4.22. The second-order valence-corrected chi connectivity index (χ2v) is 5.21. The SMILES string of the molecule is CC1CCC(NC(=O)Nc2ccc(F)cc2C(=O)O)C1. The molecule has 1 aliphatic carbocycles. The van der Waals surface area contributed by atoms with Crippen molar-refractivity contribution in [3.05, 3.63) is 29.6 Å². The number of carbonyl (C=O) groups excluding carboxylic acids is 1. The maximum Gasteiger partial charge on any atom is 0.337 e. The number of benzene rings is 1. The lowest BCUT2D eigenvalue weighted by Crippen LogP contribution is -2.36. The van der Waals surface area contributed by atoms with Gasteiger partial charge < -0.3 is 15.7 Å². The summed E-state index contributed by atoms with van der Waals surface area (Å²) in [7, 11) is 0. The summed E-state index contributed by atoms with van der Waals surface area (Å²) >= 11 is 0. The molecule has 0 aromatic heterocycles. The number of amides is 2. The number of rotatable bonds is 3. The normalized spacial score (nSPS) is 21.5. The first-order valence-electron chi connectivity index (χ1n) is 6.56. The molecule has 0 bridgehead atoms. The third kappa shape index (κ3) is 3.46. The second kappa shape index (κ2) is 5.90. The molecule has 2 unspecified atom stereocenters. The largest absolute Gasteiger partial charge is 0.478 e. The molecule has 2 atom stereocenters. The van der Waals surface area contributed by atoms with E-state index in [1.807, 2.05) is 0 Å². The minimum absolute atomic E-state index is 0.0856. The van der Waals surface area contributed by atoms with Gasteiger partial charge in [-0.2, -0.15) is 0 Å². The minimum atomic E-state index is -1.28. The topological polar surface area (TPSA) is 78.4 Å². The van der Waals surface area contributed by atoms with Crippen LogP contribution in [-0.2, 0) is 0 Å². The van der Waals surface area contributed by atoms with E-state index in [9.17, 15) is 14.0 Å². The number of carboxylic acid groups (broad SMARTS) is 1. The highest BCUT2D eigenvalue weighted by atomic mass is 19.1. The average molecular weight is 280 g/mol. The Morgan fingerprint density at radius 3 is 2.70 bits per heavy atom. The molecule has 3 N–H and O–H groups in total. The molecule has 108 valence electrons. The van der Waals surface area contributed by atoms with E-state index in [0.717, 1.165) is 31.4 Å². The molecular weight excluding hydrogens is 263 g/mol. The molecule has 2 rings (SSSR count). The van der Waals surface area contributed by atoms with Crippen molar-refractivity contribution in [2.24, 2.45) is 5.92 Å². The number of nitrogens with one attached hydrogen (secondary N) is 2. The van der Waals surface area contributed by atoms with Gasteiger partial charge in [-0.3, -0.25) is 0 Å². The first-order valence-corrected chi connectivity index (χ1v) is 6.56. The van der Waals surface area contributed by atoms with Crippen LogP contribution in [0.2, 0.25) is 0 Å². The van der Waals surface area contributed by atoms with Gasteiger partial charge in [0.1, 0.15) is 5.82 Å². The number of urea groups is 1. The molecule has 0 aliphatic heterocycles. The Labute approximate surface area is 116 Å². The Bertz CT molecular complexity index is 533. The highest BCUT2D eigenvalue weighted by molar-refractivity contribution is 6.00. The van der Waals surface area contributed by atoms with Gasteiger partial charge in [0, 0.05) is 6.04 Å². The Balaban J connectivity index is 2.02. The number of hydrogen-bond acceptors (Lipinski definition) is 2. The van der Waals surface area contributed by atoms with Gasteiger partial charge in [-0.25, -0.2) is 14.0 Å². The standard InChI is InChI=1S/C14H17FN2O3/c1-8-2-4-10(6-8)16-14(20)17-12-5-3-9(15)7-11(12)13(18)19/h3,5,7-8,10H,2,4,6H2,1H3,(H,18,19)(H2,16,17,20). The molecule has 0 heterocycles. The van der Waals surface area contributed by atoms with Crippen LogP contribution in [0.3, 0.4) is 0 Å². The zero-order valence-electron chi connectivity index (χ0n) is 11.1. The van der Waals surface area contributed by atoms with Crippen LogP contribution in [0.5, 0.6) is 0 Å². The van der Waals surface area contributed by atoms with Crippen molar-refractivity contribution in [3.8, 4) is 0 Å². The van der Waals surface area contributed by atoms with Crippen LogP contribution in [0, 0.1) is 11.7 Å². The maximum absolute atomic E-state index is 13.0. The molecule has 0 spiro atoms. The summed E-state index contributed by atoms with van der Waals surface area (Å²) in [4.78, 5) is 22.8. The lowest BCUT2D eigenvalue weighted by atomic mass is 10.1. The van der Waals surface area contributed by atoms with Gasteiger partial charge in [-0.15, -0.1) is 0 Å². The summed E-state index contributed by atoms with van der Waals surface area (Å²) in [5, 5.41) is 14.2. The van der Waals surface area contributed by atoms with Crippen LogP contribution in [-0.4, -0.2) is 23.1 Å². The van der Waals surface area contributed by atoms with Crippen LogP contribution < -0.4 is 10.6 Å². The maximum atomic E-state index is 13.0. The van der Waals surface area contributed by atoms with E-state index in [0.29, 0.717) is 5.92 Å². The predicted octanol–water partition coefficient (Wildman–Crippen LogP) is 2.83. The van der Waals surface area contributed by atoms with Crippen LogP contribution in [0.4, 0.5) is 14.9 Å². The summed E-state index contributed by atoms with van der Waals surface area (Å²) in [6.07, 6.45) is 2.91. The third-order valence-corrected chi connectivity index (χ3v) is 3.49. The number of hydrogen-bond donors (Lipinski definition) is 3. The summed E-state index contributed by atoms with van der Waals surface area (Å²) in [5.41, 5.74) is -0.178. The molecule has 6 heteroatoms. The molecule has 0 saturated heterocycles. The molecule has 1 aliphatic rings. The Morgan fingerprint density at radius 1 is 1.35 bits per heavy atom. The van der Waals surface area contributed by atoms with Gasteiger partial charge >= 0.3 is 12.0 Å². The van der Waals surface area contributed by atoms with E-state index in [1.54, 1.807) is 0 Å². The van der Waals surface area contributed by atoms with Crippen molar-refractivity contribution in [2.45, 2.75) is 32.2 Å². The molecule has 1 saturated carbocycles. The summed E-state index contributed by atoms with van der Waals surface area (Å²) < 4.78 is 13.0. The number of anilines is 1. The summed E-state index contributed by atoms with van der Waals surface area (Å²) in [6, 6.07) is 2.89. The van der Waals surface area contributed by atoms with Gasteiger partial charge in [0.15, 0.2) is 0 Å². The fraction of sp³-hybridized carbons (Fsp3) is 0.429. The first-order chi connectivity index (χ1) is 9.45. The van der Waals surface area contributed by atoms with Gasteiger partial charge in [-0.05, 0) is 43.4 Å². The monoisotopic (exact) mass is 280 g/mol. The Hall–Kier alpha value is -2.11. The molecule has 0 radical (unpaired) electrons. The molecule has 2 amide bonds. The van der Waals surface area contributed by atoms with Gasteiger partial charge in [0.05, 0.1) is 11.3 Å². The molecule has 1 aromatic carbocycles. The highest BCUT2D eigenvalue weighted by Gasteiger charge is 2.23. The summed E-state index contributed by atoms with van der Waals surface area (Å²) in [6.45, 7) is 2.13. The van der Waals surface area contributed by atoms with Gasteiger partial charge in [0.25, 0.3) is 0 Å². The second-order valence-electron chi connectivity index (χ2n) is 5.21. The van der Waals surface area contributed by atoms with Crippen LogP contribution >= 0.6 is 0 Å². The Morgan fingerprint density at radius 2 is 2.10 bits per heavy atom. The van der Waals surface area contributed by atoms with E-state index in [4.69, 9.17) is 5.11 Å². The number of carbonyl (C=O) groups is 2. The van der Waals surface area contributed by atoms with Gasteiger partial charge in [0.2, 0.25) is 0 Å². The van der Waals surface area contributed by atoms with E-state index in [-0.39, 0.29) is 17.3 Å². The van der Waals surface area contributed by atoms with Crippen molar-refractivity contribution in [2.75, 3.05) is 5.32 Å².